The van der Waals surface area contributed by atoms with E-state index < -0.39 is 0 Å². The van der Waals surface area contributed by atoms with E-state index in [0.717, 1.165) is 25.9 Å². The maximum absolute atomic E-state index is 11.7. The molecular formula is C16H22N4O2. The van der Waals surface area contributed by atoms with E-state index in [1.165, 1.54) is 5.56 Å². The van der Waals surface area contributed by atoms with Crippen LogP contribution in [0.15, 0.2) is 18.3 Å². The third kappa shape index (κ3) is 3.44. The van der Waals surface area contributed by atoms with E-state index in [0.29, 0.717) is 24.6 Å². The Hall–Kier alpha value is -1.95. The summed E-state index contributed by atoms with van der Waals surface area (Å²) in [4.78, 5) is 29.6. The minimum absolute atomic E-state index is 0.200. The standard InChI is InChI=1S/C16H22N4O2/c1-20-8-6-11(7-9-20)12-2-4-14(17-10-12)18-13-3-5-15(21)19-16(13)22/h2,4,10-11,13H,3,5-9H2,1H3,(H,17,18)(H,19,21,22). The number of pyridine rings is 1. The molecule has 3 rings (SSSR count). The highest BCUT2D eigenvalue weighted by Gasteiger charge is 2.26. The Bertz CT molecular complexity index is 550. The largest absolute Gasteiger partial charge is 0.358 e. The Morgan fingerprint density at radius 2 is 2.00 bits per heavy atom. The van der Waals surface area contributed by atoms with Gasteiger partial charge in [-0.1, -0.05) is 6.07 Å². The Morgan fingerprint density at radius 1 is 1.23 bits per heavy atom. The molecule has 1 aromatic heterocycles. The average molecular weight is 302 g/mol. The summed E-state index contributed by atoms with van der Waals surface area (Å²) in [5.41, 5.74) is 1.27. The first-order valence-corrected chi connectivity index (χ1v) is 7.86. The van der Waals surface area contributed by atoms with Crippen molar-refractivity contribution in [3.8, 4) is 0 Å². The lowest BCUT2D eigenvalue weighted by molar-refractivity contribution is -0.133. The minimum Gasteiger partial charge on any atom is -0.358 e. The maximum atomic E-state index is 11.7. The van der Waals surface area contributed by atoms with Crippen LogP contribution in [0, 0.1) is 0 Å². The van der Waals surface area contributed by atoms with E-state index in [2.05, 4.69) is 33.6 Å². The molecule has 1 aromatic rings. The summed E-state index contributed by atoms with van der Waals surface area (Å²) in [7, 11) is 2.15. The second-order valence-electron chi connectivity index (χ2n) is 6.20. The van der Waals surface area contributed by atoms with E-state index in [4.69, 9.17) is 0 Å². The summed E-state index contributed by atoms with van der Waals surface area (Å²) in [5.74, 6) is 0.797. The lowest BCUT2D eigenvalue weighted by Crippen LogP contribution is -2.47. The average Bonchev–Trinajstić information content (AvgIpc) is 2.52. The maximum Gasteiger partial charge on any atom is 0.249 e. The number of likely N-dealkylation sites (tertiary alicyclic amines) is 1. The number of nitrogens with one attached hydrogen (secondary N) is 2. The molecule has 0 saturated carbocycles. The number of anilines is 1. The van der Waals surface area contributed by atoms with Crippen LogP contribution >= 0.6 is 0 Å². The molecule has 2 aliphatic heterocycles. The molecular weight excluding hydrogens is 280 g/mol. The molecule has 0 bridgehead atoms. The van der Waals surface area contributed by atoms with E-state index >= 15 is 0 Å². The lowest BCUT2D eigenvalue weighted by atomic mass is 9.91. The van der Waals surface area contributed by atoms with Gasteiger partial charge in [0.1, 0.15) is 11.9 Å². The predicted molar refractivity (Wildman–Crippen MR) is 83.5 cm³/mol. The van der Waals surface area contributed by atoms with Crippen LogP contribution in [0.4, 0.5) is 5.82 Å². The molecule has 22 heavy (non-hydrogen) atoms. The van der Waals surface area contributed by atoms with Crippen molar-refractivity contribution in [2.24, 2.45) is 0 Å². The van der Waals surface area contributed by atoms with Gasteiger partial charge >= 0.3 is 0 Å². The highest BCUT2D eigenvalue weighted by Crippen LogP contribution is 2.27. The van der Waals surface area contributed by atoms with Crippen molar-refractivity contribution in [3.05, 3.63) is 23.9 Å². The Labute approximate surface area is 130 Å². The molecule has 6 heteroatoms. The van der Waals surface area contributed by atoms with Gasteiger partial charge in [0.15, 0.2) is 0 Å². The van der Waals surface area contributed by atoms with Gasteiger partial charge < -0.3 is 10.2 Å². The van der Waals surface area contributed by atoms with Crippen molar-refractivity contribution >= 4 is 17.6 Å². The minimum atomic E-state index is -0.376. The second kappa shape index (κ2) is 6.44. The number of aromatic nitrogens is 1. The zero-order valence-electron chi connectivity index (χ0n) is 12.8. The summed E-state index contributed by atoms with van der Waals surface area (Å²) >= 11 is 0. The predicted octanol–water partition coefficient (Wildman–Crippen LogP) is 1.11. The summed E-state index contributed by atoms with van der Waals surface area (Å²) < 4.78 is 0. The smallest absolute Gasteiger partial charge is 0.249 e. The summed E-state index contributed by atoms with van der Waals surface area (Å²) in [5, 5.41) is 5.45. The molecule has 2 aliphatic rings. The van der Waals surface area contributed by atoms with Crippen LogP contribution in [0.3, 0.4) is 0 Å². The first-order valence-electron chi connectivity index (χ1n) is 7.86. The SMILES string of the molecule is CN1CCC(c2ccc(NC3CCC(=O)NC3=O)nc2)CC1. The van der Waals surface area contributed by atoms with Gasteiger partial charge in [-0.3, -0.25) is 14.9 Å². The van der Waals surface area contributed by atoms with Crippen molar-refractivity contribution in [3.63, 3.8) is 0 Å². The number of hydrogen-bond donors (Lipinski definition) is 2. The molecule has 0 aliphatic carbocycles. The number of hydrogen-bond acceptors (Lipinski definition) is 5. The zero-order valence-corrected chi connectivity index (χ0v) is 12.8. The number of carbonyl (C=O) groups is 2. The van der Waals surface area contributed by atoms with Crippen LogP contribution in [0.5, 0.6) is 0 Å². The number of imide groups is 1. The third-order valence-electron chi connectivity index (χ3n) is 4.54. The van der Waals surface area contributed by atoms with Gasteiger partial charge in [0.25, 0.3) is 0 Å². The number of rotatable bonds is 3. The van der Waals surface area contributed by atoms with Crippen LogP contribution < -0.4 is 10.6 Å². The van der Waals surface area contributed by atoms with Crippen LogP contribution in [-0.2, 0) is 9.59 Å². The Balaban J connectivity index is 1.59. The van der Waals surface area contributed by atoms with Crippen molar-refractivity contribution in [1.82, 2.24) is 15.2 Å². The molecule has 0 spiro atoms. The summed E-state index contributed by atoms with van der Waals surface area (Å²) in [6.45, 7) is 2.25. The molecule has 2 N–H and O–H groups in total. The fourth-order valence-corrected chi connectivity index (χ4v) is 3.08. The molecule has 1 unspecified atom stereocenters. The molecule has 6 nitrogen and oxygen atoms in total. The van der Waals surface area contributed by atoms with E-state index in [1.807, 2.05) is 12.3 Å². The van der Waals surface area contributed by atoms with Crippen LogP contribution in [0.2, 0.25) is 0 Å². The monoisotopic (exact) mass is 302 g/mol. The number of nitrogens with zero attached hydrogens (tertiary/aromatic N) is 2. The number of carbonyl (C=O) groups excluding carboxylic acids is 2. The Kier molecular flexibility index (Phi) is 4.38. The van der Waals surface area contributed by atoms with Gasteiger partial charge in [0.05, 0.1) is 0 Å². The second-order valence-corrected chi connectivity index (χ2v) is 6.20. The van der Waals surface area contributed by atoms with Crippen molar-refractivity contribution in [1.29, 1.82) is 0 Å². The lowest BCUT2D eigenvalue weighted by Gasteiger charge is -2.29. The van der Waals surface area contributed by atoms with Gasteiger partial charge in [-0.15, -0.1) is 0 Å². The molecule has 2 amide bonds. The van der Waals surface area contributed by atoms with E-state index in [-0.39, 0.29) is 17.9 Å². The van der Waals surface area contributed by atoms with Gasteiger partial charge in [-0.2, -0.15) is 0 Å². The first kappa shape index (κ1) is 15.0. The highest BCUT2D eigenvalue weighted by molar-refractivity contribution is 6.01. The van der Waals surface area contributed by atoms with Crippen molar-refractivity contribution in [2.45, 2.75) is 37.6 Å². The van der Waals surface area contributed by atoms with Crippen molar-refractivity contribution in [2.75, 3.05) is 25.5 Å². The fraction of sp³-hybridized carbons (Fsp3) is 0.562. The molecule has 2 fully saturated rings. The fourth-order valence-electron chi connectivity index (χ4n) is 3.08. The van der Waals surface area contributed by atoms with Crippen LogP contribution in [-0.4, -0.2) is 47.9 Å². The zero-order chi connectivity index (χ0) is 15.5. The van der Waals surface area contributed by atoms with Gasteiger partial charge in [-0.05, 0) is 56.9 Å². The number of piperidine rings is 2. The molecule has 2 saturated heterocycles. The highest BCUT2D eigenvalue weighted by atomic mass is 16.2. The van der Waals surface area contributed by atoms with Crippen LogP contribution in [0.25, 0.3) is 0 Å². The van der Waals surface area contributed by atoms with Crippen molar-refractivity contribution < 1.29 is 9.59 Å². The van der Waals surface area contributed by atoms with Gasteiger partial charge in [-0.25, -0.2) is 4.98 Å². The van der Waals surface area contributed by atoms with Gasteiger partial charge in [0.2, 0.25) is 11.8 Å². The quantitative estimate of drug-likeness (QED) is 0.818. The molecule has 118 valence electrons. The molecule has 1 atom stereocenters. The van der Waals surface area contributed by atoms with E-state index in [1.54, 1.807) is 0 Å². The first-order chi connectivity index (χ1) is 10.6. The summed E-state index contributed by atoms with van der Waals surface area (Å²) in [6, 6.07) is 3.65. The molecule has 3 heterocycles. The summed E-state index contributed by atoms with van der Waals surface area (Å²) in [6.07, 6.45) is 5.13. The third-order valence-corrected chi connectivity index (χ3v) is 4.54. The topological polar surface area (TPSA) is 74.3 Å². The van der Waals surface area contributed by atoms with Crippen LogP contribution in [0.1, 0.15) is 37.2 Å². The molecule has 0 aromatic carbocycles. The van der Waals surface area contributed by atoms with E-state index in [9.17, 15) is 9.59 Å². The Morgan fingerprint density at radius 3 is 2.64 bits per heavy atom. The number of amides is 2. The normalized spacial score (nSPS) is 24.1. The molecule has 0 radical (unpaired) electrons. The van der Waals surface area contributed by atoms with Gasteiger partial charge in [0, 0.05) is 12.6 Å².